The van der Waals surface area contributed by atoms with E-state index in [9.17, 15) is 9.90 Å². The lowest BCUT2D eigenvalue weighted by Gasteiger charge is -2.09. The Kier molecular flexibility index (Phi) is 2.73. The van der Waals surface area contributed by atoms with E-state index in [1.165, 1.54) is 0 Å². The molecule has 0 spiro atoms. The molecule has 94 valence electrons. The fourth-order valence-electron chi connectivity index (χ4n) is 2.51. The smallest absolute Gasteiger partial charge is 0.229 e. The molecular weight excluding hydrogens is 314 g/mol. The summed E-state index contributed by atoms with van der Waals surface area (Å²) in [4.78, 5) is 12.7. The van der Waals surface area contributed by atoms with E-state index in [4.69, 9.17) is 5.73 Å². The lowest BCUT2D eigenvalue weighted by Crippen LogP contribution is -2.30. The normalized spacial score (nSPS) is 26.4. The third-order valence-corrected chi connectivity index (χ3v) is 5.47. The zero-order chi connectivity index (χ0) is 12.9. The van der Waals surface area contributed by atoms with Crippen LogP contribution >= 0.6 is 27.3 Å². The van der Waals surface area contributed by atoms with Crippen LogP contribution in [0.5, 0.6) is 0 Å². The zero-order valence-electron chi connectivity index (χ0n) is 9.52. The molecule has 2 atom stereocenters. The summed E-state index contributed by atoms with van der Waals surface area (Å²) in [7, 11) is 0. The molecule has 3 nitrogen and oxygen atoms in total. The topological polar surface area (TPSA) is 63.3 Å². The van der Waals surface area contributed by atoms with Crippen LogP contribution in [0.25, 0.3) is 10.1 Å². The first-order chi connectivity index (χ1) is 8.57. The van der Waals surface area contributed by atoms with Gasteiger partial charge in [0.15, 0.2) is 0 Å². The highest BCUT2D eigenvalue weighted by molar-refractivity contribution is 9.10. The highest BCUT2D eigenvalue weighted by Crippen LogP contribution is 2.56. The van der Waals surface area contributed by atoms with Gasteiger partial charge in [0.1, 0.15) is 0 Å². The van der Waals surface area contributed by atoms with Crippen molar-refractivity contribution in [3.05, 3.63) is 33.6 Å². The van der Waals surface area contributed by atoms with Gasteiger partial charge in [-0.2, -0.15) is 0 Å². The predicted octanol–water partition coefficient (Wildman–Crippen LogP) is 2.40. The average molecular weight is 326 g/mol. The van der Waals surface area contributed by atoms with Crippen molar-refractivity contribution < 1.29 is 9.90 Å². The molecule has 0 aliphatic heterocycles. The number of nitrogens with two attached hydrogens (primary N) is 1. The Morgan fingerprint density at radius 1 is 1.56 bits per heavy atom. The van der Waals surface area contributed by atoms with Gasteiger partial charge < -0.3 is 10.8 Å². The highest BCUT2D eigenvalue weighted by atomic mass is 79.9. The maximum atomic E-state index is 11.7. The summed E-state index contributed by atoms with van der Waals surface area (Å²) in [5.74, 6) is -0.348. The third-order valence-electron chi connectivity index (χ3n) is 3.68. The second-order valence-electron chi connectivity index (χ2n) is 4.71. The molecule has 1 aliphatic rings. The van der Waals surface area contributed by atoms with Crippen molar-refractivity contribution >= 4 is 43.3 Å². The fourth-order valence-corrected chi connectivity index (χ4v) is 4.22. The highest BCUT2D eigenvalue weighted by Gasteiger charge is 2.60. The van der Waals surface area contributed by atoms with Crippen molar-refractivity contribution in [2.75, 3.05) is 6.61 Å². The van der Waals surface area contributed by atoms with Crippen LogP contribution in [0.3, 0.4) is 0 Å². The Labute approximate surface area is 117 Å². The largest absolute Gasteiger partial charge is 0.396 e. The molecule has 0 radical (unpaired) electrons. The molecule has 1 aromatic heterocycles. The number of hydrogen-bond donors (Lipinski definition) is 2. The molecule has 2 unspecified atom stereocenters. The second kappa shape index (κ2) is 4.05. The minimum atomic E-state index is -0.634. The van der Waals surface area contributed by atoms with Gasteiger partial charge in [-0.1, -0.05) is 15.9 Å². The molecule has 0 saturated heterocycles. The molecule has 1 fully saturated rings. The first-order valence-electron chi connectivity index (χ1n) is 5.68. The number of hydrogen-bond acceptors (Lipinski definition) is 3. The molecule has 0 bridgehead atoms. The van der Waals surface area contributed by atoms with Crippen LogP contribution in [0.4, 0.5) is 0 Å². The summed E-state index contributed by atoms with van der Waals surface area (Å²) >= 11 is 5.03. The van der Waals surface area contributed by atoms with Crippen molar-refractivity contribution in [1.82, 2.24) is 0 Å². The number of thiophene rings is 1. The van der Waals surface area contributed by atoms with E-state index < -0.39 is 5.41 Å². The molecule has 1 saturated carbocycles. The summed E-state index contributed by atoms with van der Waals surface area (Å²) in [6, 6.07) is 8.06. The number of primary amides is 1. The number of rotatable bonds is 3. The Balaban J connectivity index is 2.12. The van der Waals surface area contributed by atoms with Gasteiger partial charge in [0.25, 0.3) is 0 Å². The van der Waals surface area contributed by atoms with Crippen molar-refractivity contribution in [2.24, 2.45) is 11.7 Å². The lowest BCUT2D eigenvalue weighted by molar-refractivity contribution is -0.120. The van der Waals surface area contributed by atoms with Crippen molar-refractivity contribution in [2.45, 2.75) is 11.8 Å². The van der Waals surface area contributed by atoms with Gasteiger partial charge in [0, 0.05) is 26.6 Å². The number of benzene rings is 1. The molecular formula is C13H12BrNO2S. The van der Waals surface area contributed by atoms with Gasteiger partial charge in [-0.15, -0.1) is 11.3 Å². The van der Waals surface area contributed by atoms with E-state index in [-0.39, 0.29) is 18.4 Å². The summed E-state index contributed by atoms with van der Waals surface area (Å²) in [5.41, 5.74) is 4.90. The maximum Gasteiger partial charge on any atom is 0.229 e. The summed E-state index contributed by atoms with van der Waals surface area (Å²) < 4.78 is 2.15. The number of fused-ring (bicyclic) bond motifs is 1. The average Bonchev–Trinajstić information content (AvgIpc) is 2.95. The molecule has 1 heterocycles. The van der Waals surface area contributed by atoms with E-state index in [1.54, 1.807) is 11.3 Å². The van der Waals surface area contributed by atoms with Gasteiger partial charge in [-0.25, -0.2) is 0 Å². The van der Waals surface area contributed by atoms with Crippen LogP contribution in [-0.2, 0) is 10.2 Å². The van der Waals surface area contributed by atoms with Crippen LogP contribution in [0.1, 0.15) is 11.3 Å². The van der Waals surface area contributed by atoms with Gasteiger partial charge in [-0.3, -0.25) is 4.79 Å². The molecule has 5 heteroatoms. The van der Waals surface area contributed by atoms with Gasteiger partial charge in [0.05, 0.1) is 5.41 Å². The van der Waals surface area contributed by atoms with Crippen LogP contribution in [0.2, 0.25) is 0 Å². The van der Waals surface area contributed by atoms with E-state index >= 15 is 0 Å². The number of halogens is 1. The third kappa shape index (κ3) is 1.61. The minimum absolute atomic E-state index is 0.0148. The molecule has 1 amide bonds. The van der Waals surface area contributed by atoms with Crippen LogP contribution in [0.15, 0.2) is 28.7 Å². The number of aliphatic hydroxyl groups excluding tert-OH is 1. The molecule has 3 rings (SSSR count). The summed E-state index contributed by atoms with van der Waals surface area (Å²) in [6.07, 6.45) is 0.660. The van der Waals surface area contributed by atoms with E-state index in [0.717, 1.165) is 19.4 Å². The van der Waals surface area contributed by atoms with E-state index in [0.29, 0.717) is 6.42 Å². The second-order valence-corrected chi connectivity index (χ2v) is 6.71. The predicted molar refractivity (Wildman–Crippen MR) is 75.6 cm³/mol. The number of amides is 1. The molecule has 18 heavy (non-hydrogen) atoms. The van der Waals surface area contributed by atoms with Gasteiger partial charge >= 0.3 is 0 Å². The zero-order valence-corrected chi connectivity index (χ0v) is 11.9. The quantitative estimate of drug-likeness (QED) is 0.910. The number of carbonyl (C=O) groups excluding carboxylic acids is 1. The van der Waals surface area contributed by atoms with E-state index in [2.05, 4.69) is 15.9 Å². The summed E-state index contributed by atoms with van der Waals surface area (Å²) in [5, 5.41) is 10.4. The van der Waals surface area contributed by atoms with Gasteiger partial charge in [0.2, 0.25) is 5.91 Å². The van der Waals surface area contributed by atoms with Crippen LogP contribution in [-0.4, -0.2) is 17.6 Å². The Bertz CT molecular complexity index is 639. The van der Waals surface area contributed by atoms with Crippen LogP contribution < -0.4 is 5.73 Å². The Morgan fingerprint density at radius 2 is 2.33 bits per heavy atom. The lowest BCUT2D eigenvalue weighted by atomic mass is 10.0. The standard InChI is InChI=1S/C13H12BrNO2S/c14-9-1-2-10-7(3-9)4-11(18-10)13(12(15)17)5-8(13)6-16/h1-4,8,16H,5-6H2,(H2,15,17). The van der Waals surface area contributed by atoms with Crippen molar-refractivity contribution in [3.8, 4) is 0 Å². The number of carbonyl (C=O) groups is 1. The Hall–Kier alpha value is -0.910. The molecule has 2 aromatic rings. The SMILES string of the molecule is NC(=O)C1(c2cc3cc(Br)ccc3s2)CC1CO. The first-order valence-corrected chi connectivity index (χ1v) is 7.29. The summed E-state index contributed by atoms with van der Waals surface area (Å²) in [6.45, 7) is 0.0148. The van der Waals surface area contributed by atoms with E-state index in [1.807, 2.05) is 24.3 Å². The monoisotopic (exact) mass is 325 g/mol. The molecule has 1 aliphatic carbocycles. The van der Waals surface area contributed by atoms with Crippen molar-refractivity contribution in [3.63, 3.8) is 0 Å². The molecule has 3 N–H and O–H groups in total. The molecule has 1 aromatic carbocycles. The van der Waals surface area contributed by atoms with Crippen molar-refractivity contribution in [1.29, 1.82) is 0 Å². The maximum absolute atomic E-state index is 11.7. The first kappa shape index (κ1) is 12.1. The number of aliphatic hydroxyl groups is 1. The van der Waals surface area contributed by atoms with Crippen LogP contribution in [0, 0.1) is 5.92 Å². The Morgan fingerprint density at radius 3 is 2.94 bits per heavy atom. The van der Waals surface area contributed by atoms with Gasteiger partial charge in [-0.05, 0) is 36.1 Å². The fraction of sp³-hybridized carbons (Fsp3) is 0.308. The minimum Gasteiger partial charge on any atom is -0.396 e.